The largest absolute Gasteiger partial charge is 0.478 e. The Morgan fingerprint density at radius 2 is 1.59 bits per heavy atom. The van der Waals surface area contributed by atoms with Gasteiger partial charge in [-0.05, 0) is 40.5 Å². The number of nitrogens with one attached hydrogen (secondary N) is 1. The molecule has 172 valence electrons. The van der Waals surface area contributed by atoms with Crippen LogP contribution in [0.5, 0.6) is 0 Å². The molecule has 1 aliphatic carbocycles. The van der Waals surface area contributed by atoms with Gasteiger partial charge < -0.3 is 15.2 Å². The van der Waals surface area contributed by atoms with Gasteiger partial charge in [0, 0.05) is 11.5 Å². The van der Waals surface area contributed by atoms with Crippen molar-refractivity contribution in [3.8, 4) is 23.0 Å². The lowest BCUT2D eigenvalue weighted by Crippen LogP contribution is -2.26. The zero-order valence-electron chi connectivity index (χ0n) is 17.6. The number of hydrogen-bond donors (Lipinski definition) is 2. The van der Waals surface area contributed by atoms with Gasteiger partial charge in [0.1, 0.15) is 6.61 Å². The lowest BCUT2D eigenvalue weighted by molar-refractivity contribution is -0.137. The molecule has 0 atom stereocenters. The van der Waals surface area contributed by atoms with E-state index in [-0.39, 0.29) is 24.6 Å². The quantitative estimate of drug-likeness (QED) is 0.513. The maximum absolute atomic E-state index is 12.8. The van der Waals surface area contributed by atoms with E-state index in [1.165, 1.54) is 0 Å². The zero-order chi connectivity index (χ0) is 24.3. The van der Waals surface area contributed by atoms with E-state index in [2.05, 4.69) is 17.2 Å². The van der Waals surface area contributed by atoms with Crippen molar-refractivity contribution < 1.29 is 32.6 Å². The Hall–Kier alpha value is -4.25. The number of carboxylic acid groups (broad SMARTS) is 1. The van der Waals surface area contributed by atoms with Crippen LogP contribution in [0.25, 0.3) is 11.1 Å². The number of benzene rings is 3. The standard InChI is InChI=1S/C26H18F3NO4/c27-26(28,29)17-12-11-16(22(14-17)24(31)32)6-5-13-30-25(33)34-15-23-20-9-3-1-7-18(20)19-8-2-4-10-21(19)23/h1-4,7-12,14,23H,13,15H2,(H,30,33)(H,31,32). The van der Waals surface area contributed by atoms with Crippen molar-refractivity contribution in [3.05, 3.63) is 94.5 Å². The number of hydrogen-bond acceptors (Lipinski definition) is 3. The molecular weight excluding hydrogens is 447 g/mol. The van der Waals surface area contributed by atoms with Gasteiger partial charge in [-0.25, -0.2) is 9.59 Å². The van der Waals surface area contributed by atoms with Gasteiger partial charge in [0.15, 0.2) is 0 Å². The molecule has 0 bridgehead atoms. The predicted molar refractivity (Wildman–Crippen MR) is 118 cm³/mol. The monoisotopic (exact) mass is 465 g/mol. The lowest BCUT2D eigenvalue weighted by Gasteiger charge is -2.14. The Bertz CT molecular complexity index is 1280. The van der Waals surface area contributed by atoms with Gasteiger partial charge in [-0.3, -0.25) is 0 Å². The van der Waals surface area contributed by atoms with Crippen LogP contribution in [0.3, 0.4) is 0 Å². The molecule has 3 aromatic rings. The van der Waals surface area contributed by atoms with Crippen molar-refractivity contribution >= 4 is 12.1 Å². The molecule has 0 spiro atoms. The van der Waals surface area contributed by atoms with Crippen LogP contribution in [0.2, 0.25) is 0 Å². The van der Waals surface area contributed by atoms with Gasteiger partial charge in [-0.15, -0.1) is 0 Å². The predicted octanol–water partition coefficient (Wildman–Crippen LogP) is 5.29. The van der Waals surface area contributed by atoms with E-state index in [4.69, 9.17) is 4.74 Å². The summed E-state index contributed by atoms with van der Waals surface area (Å²) in [6.07, 6.45) is -5.37. The molecule has 0 saturated carbocycles. The summed E-state index contributed by atoms with van der Waals surface area (Å²) in [4.78, 5) is 23.4. The van der Waals surface area contributed by atoms with Crippen LogP contribution in [0.1, 0.15) is 38.5 Å². The number of rotatable bonds is 4. The summed E-state index contributed by atoms with van der Waals surface area (Å²) in [6, 6.07) is 18.1. The molecule has 0 radical (unpaired) electrons. The molecule has 34 heavy (non-hydrogen) atoms. The molecule has 0 aliphatic heterocycles. The van der Waals surface area contributed by atoms with E-state index in [0.29, 0.717) is 6.07 Å². The van der Waals surface area contributed by atoms with Crippen LogP contribution in [0, 0.1) is 11.8 Å². The molecule has 3 aromatic carbocycles. The summed E-state index contributed by atoms with van der Waals surface area (Å²) in [5, 5.41) is 11.6. The Morgan fingerprint density at radius 1 is 0.971 bits per heavy atom. The number of carboxylic acids is 1. The highest BCUT2D eigenvalue weighted by molar-refractivity contribution is 5.91. The van der Waals surface area contributed by atoms with Crippen LogP contribution in [-0.2, 0) is 10.9 Å². The minimum Gasteiger partial charge on any atom is -0.478 e. The van der Waals surface area contributed by atoms with E-state index in [0.717, 1.165) is 34.4 Å². The number of aromatic carboxylic acids is 1. The fourth-order valence-corrected chi connectivity index (χ4v) is 3.91. The van der Waals surface area contributed by atoms with Gasteiger partial charge in [0.2, 0.25) is 0 Å². The van der Waals surface area contributed by atoms with Crippen molar-refractivity contribution in [1.82, 2.24) is 5.32 Å². The Kier molecular flexibility index (Phi) is 6.28. The number of amides is 1. The molecule has 0 aromatic heterocycles. The molecule has 4 rings (SSSR count). The molecule has 1 amide bonds. The van der Waals surface area contributed by atoms with E-state index >= 15 is 0 Å². The van der Waals surface area contributed by atoms with Gasteiger partial charge in [-0.1, -0.05) is 60.4 Å². The minimum absolute atomic E-state index is 0.0881. The first kappa shape index (κ1) is 22.9. The molecule has 0 heterocycles. The molecule has 0 unspecified atom stereocenters. The first-order chi connectivity index (χ1) is 16.3. The second kappa shape index (κ2) is 9.32. The normalized spacial score (nSPS) is 12.2. The summed E-state index contributed by atoms with van der Waals surface area (Å²) in [6.45, 7) is -0.0495. The number of fused-ring (bicyclic) bond motifs is 3. The fraction of sp³-hybridized carbons (Fsp3) is 0.154. The summed E-state index contributed by atoms with van der Waals surface area (Å²) in [5.74, 6) is 3.39. The third-order valence-corrected chi connectivity index (χ3v) is 5.47. The lowest BCUT2D eigenvalue weighted by atomic mass is 9.98. The SMILES string of the molecule is O=C(NCC#Cc1ccc(C(F)(F)F)cc1C(=O)O)OCC1c2ccccc2-c2ccccc21. The number of halogens is 3. The highest BCUT2D eigenvalue weighted by atomic mass is 19.4. The third-order valence-electron chi connectivity index (χ3n) is 5.47. The molecule has 1 aliphatic rings. The Morgan fingerprint density at radius 3 is 2.18 bits per heavy atom. The summed E-state index contributed by atoms with van der Waals surface area (Å²) < 4.78 is 43.8. The van der Waals surface area contributed by atoms with Crippen molar-refractivity contribution in [2.45, 2.75) is 12.1 Å². The maximum Gasteiger partial charge on any atom is 0.416 e. The summed E-state index contributed by atoms with van der Waals surface area (Å²) >= 11 is 0. The number of carbonyl (C=O) groups is 2. The number of alkyl carbamates (subject to hydrolysis) is 1. The van der Waals surface area contributed by atoms with Crippen LogP contribution >= 0.6 is 0 Å². The van der Waals surface area contributed by atoms with E-state index in [9.17, 15) is 27.9 Å². The average Bonchev–Trinajstić information content (AvgIpc) is 3.13. The number of alkyl halides is 3. The van der Waals surface area contributed by atoms with Gasteiger partial charge in [0.05, 0.1) is 17.7 Å². The molecule has 8 heteroatoms. The van der Waals surface area contributed by atoms with E-state index in [1.807, 2.05) is 48.5 Å². The fourth-order valence-electron chi connectivity index (χ4n) is 3.91. The number of ether oxygens (including phenoxy) is 1. The van der Waals surface area contributed by atoms with Crippen LogP contribution in [-0.4, -0.2) is 30.3 Å². The molecular formula is C26H18F3NO4. The zero-order valence-corrected chi connectivity index (χ0v) is 17.6. The van der Waals surface area contributed by atoms with Crippen molar-refractivity contribution in [2.75, 3.05) is 13.2 Å². The van der Waals surface area contributed by atoms with Crippen LogP contribution in [0.4, 0.5) is 18.0 Å². The summed E-state index contributed by atoms with van der Waals surface area (Å²) in [7, 11) is 0. The Labute approximate surface area is 193 Å². The molecule has 2 N–H and O–H groups in total. The first-order valence-corrected chi connectivity index (χ1v) is 10.3. The van der Waals surface area contributed by atoms with Crippen molar-refractivity contribution in [3.63, 3.8) is 0 Å². The van der Waals surface area contributed by atoms with Gasteiger partial charge in [0.25, 0.3) is 0 Å². The molecule has 0 fully saturated rings. The average molecular weight is 465 g/mol. The topological polar surface area (TPSA) is 75.6 Å². The molecule has 0 saturated heterocycles. The molecule has 5 nitrogen and oxygen atoms in total. The van der Waals surface area contributed by atoms with E-state index in [1.54, 1.807) is 0 Å². The Balaban J connectivity index is 1.37. The van der Waals surface area contributed by atoms with Crippen molar-refractivity contribution in [1.29, 1.82) is 0 Å². The second-order valence-corrected chi connectivity index (χ2v) is 7.54. The third kappa shape index (κ3) is 4.74. The maximum atomic E-state index is 12.8. The van der Waals surface area contributed by atoms with Gasteiger partial charge >= 0.3 is 18.2 Å². The van der Waals surface area contributed by atoms with Crippen LogP contribution in [0.15, 0.2) is 66.7 Å². The highest BCUT2D eigenvalue weighted by Gasteiger charge is 2.32. The van der Waals surface area contributed by atoms with Gasteiger partial charge in [-0.2, -0.15) is 13.2 Å². The minimum atomic E-state index is -4.66. The van der Waals surface area contributed by atoms with Crippen molar-refractivity contribution in [2.24, 2.45) is 0 Å². The smallest absolute Gasteiger partial charge is 0.416 e. The highest BCUT2D eigenvalue weighted by Crippen LogP contribution is 2.44. The first-order valence-electron chi connectivity index (χ1n) is 10.3. The summed E-state index contributed by atoms with van der Waals surface area (Å²) in [5.41, 5.74) is 2.61. The number of carbonyl (C=O) groups excluding carboxylic acids is 1. The second-order valence-electron chi connectivity index (χ2n) is 7.54. The van der Waals surface area contributed by atoms with Crippen LogP contribution < -0.4 is 5.32 Å². The van der Waals surface area contributed by atoms with E-state index < -0.39 is 29.4 Å².